The molecule has 10 heteroatoms. The quantitative estimate of drug-likeness (QED) is 0.375. The van der Waals surface area contributed by atoms with E-state index in [9.17, 15) is 28.4 Å². The number of benzene rings is 1. The Morgan fingerprint density at radius 1 is 0.967 bits per heavy atom. The second-order valence-corrected chi connectivity index (χ2v) is 8.14. The predicted octanol–water partition coefficient (Wildman–Crippen LogP) is 0.940. The number of rotatable bonds is 6. The van der Waals surface area contributed by atoms with Crippen LogP contribution in [-0.2, 0) is 19.2 Å². The molecule has 0 spiro atoms. The van der Waals surface area contributed by atoms with Crippen molar-refractivity contribution in [2.45, 2.75) is 24.7 Å². The Balaban J connectivity index is 1.46. The number of carbonyl (C=O) groups is 5. The lowest BCUT2D eigenvalue weighted by Crippen LogP contribution is -2.53. The molecule has 0 unspecified atom stereocenters. The summed E-state index contributed by atoms with van der Waals surface area (Å²) in [5, 5.41) is 0. The van der Waals surface area contributed by atoms with Crippen LogP contribution in [0.25, 0.3) is 0 Å². The molecule has 30 heavy (non-hydrogen) atoms. The zero-order valence-corrected chi connectivity index (χ0v) is 17.4. The number of Topliss-reactive ketones (excluding diaryl/α,β-unsaturated/α-hetero) is 1. The maximum Gasteiger partial charge on any atom is 0.242 e. The molecule has 1 aromatic carbocycles. The third kappa shape index (κ3) is 5.05. The highest BCUT2D eigenvalue weighted by Gasteiger charge is 2.33. The number of halogens is 1. The van der Waals surface area contributed by atoms with E-state index in [1.54, 1.807) is 4.90 Å². The zero-order valence-electron chi connectivity index (χ0n) is 16.6. The van der Waals surface area contributed by atoms with Crippen molar-refractivity contribution in [3.63, 3.8) is 0 Å². The van der Waals surface area contributed by atoms with Crippen LogP contribution >= 0.6 is 11.8 Å². The predicted molar refractivity (Wildman–Crippen MR) is 106 cm³/mol. The molecular formula is C20H22FN3O5S. The number of piperazine rings is 1. The Bertz CT molecular complexity index is 882. The normalized spacial score (nSPS) is 16.9. The minimum atomic E-state index is -0.540. The molecule has 160 valence electrons. The first-order chi connectivity index (χ1) is 14.3. The van der Waals surface area contributed by atoms with Gasteiger partial charge in [-0.05, 0) is 19.1 Å². The number of likely N-dealkylation sites (tertiary alicyclic amines) is 1. The summed E-state index contributed by atoms with van der Waals surface area (Å²) in [4.78, 5) is 63.8. The summed E-state index contributed by atoms with van der Waals surface area (Å²) in [7, 11) is 0. The highest BCUT2D eigenvalue weighted by atomic mass is 32.2. The van der Waals surface area contributed by atoms with Gasteiger partial charge in [-0.2, -0.15) is 0 Å². The average molecular weight is 435 g/mol. The van der Waals surface area contributed by atoms with Crippen molar-refractivity contribution in [3.05, 3.63) is 29.6 Å². The molecule has 0 atom stereocenters. The van der Waals surface area contributed by atoms with E-state index < -0.39 is 5.82 Å². The molecule has 0 bridgehead atoms. The largest absolute Gasteiger partial charge is 0.338 e. The van der Waals surface area contributed by atoms with Crippen LogP contribution in [-0.4, -0.2) is 82.6 Å². The van der Waals surface area contributed by atoms with Crippen LogP contribution in [0.1, 0.15) is 30.1 Å². The van der Waals surface area contributed by atoms with Gasteiger partial charge in [0.25, 0.3) is 0 Å². The summed E-state index contributed by atoms with van der Waals surface area (Å²) in [6.45, 7) is 2.39. The molecule has 0 N–H and O–H groups in total. The highest BCUT2D eigenvalue weighted by molar-refractivity contribution is 8.00. The molecule has 0 aliphatic carbocycles. The maximum atomic E-state index is 14.1. The molecule has 2 aliphatic rings. The van der Waals surface area contributed by atoms with E-state index in [0.717, 1.165) is 22.7 Å². The standard InChI is InChI=1S/C20H22FN3O5S/c1-13(25)14-2-3-16(15(21)10-14)30-12-20(29)23-8-6-22(7-9-23)19(28)11-24-17(26)4-5-18(24)27/h2-3,10H,4-9,11-12H2,1H3. The molecule has 0 aromatic heterocycles. The lowest BCUT2D eigenvalue weighted by Gasteiger charge is -2.35. The summed E-state index contributed by atoms with van der Waals surface area (Å²) in [6, 6.07) is 4.18. The van der Waals surface area contributed by atoms with E-state index in [-0.39, 0.29) is 60.1 Å². The number of ketones is 1. The molecule has 1 aromatic rings. The van der Waals surface area contributed by atoms with Gasteiger partial charge < -0.3 is 9.80 Å². The van der Waals surface area contributed by atoms with E-state index in [0.29, 0.717) is 31.1 Å². The van der Waals surface area contributed by atoms with Gasteiger partial charge in [0.05, 0.1) is 5.75 Å². The van der Waals surface area contributed by atoms with Crippen molar-refractivity contribution in [2.75, 3.05) is 38.5 Å². The van der Waals surface area contributed by atoms with Crippen LogP contribution in [0.3, 0.4) is 0 Å². The molecule has 2 fully saturated rings. The maximum absolute atomic E-state index is 14.1. The van der Waals surface area contributed by atoms with E-state index in [2.05, 4.69) is 0 Å². The SMILES string of the molecule is CC(=O)c1ccc(SCC(=O)N2CCN(C(=O)CN3C(=O)CCC3=O)CC2)c(F)c1. The molecule has 2 heterocycles. The Kier molecular flexibility index (Phi) is 6.86. The Morgan fingerprint density at radius 3 is 2.07 bits per heavy atom. The number of hydrogen-bond donors (Lipinski definition) is 0. The third-order valence-electron chi connectivity index (χ3n) is 5.12. The van der Waals surface area contributed by atoms with Gasteiger partial charge in [0.2, 0.25) is 23.6 Å². The van der Waals surface area contributed by atoms with Gasteiger partial charge in [0, 0.05) is 49.5 Å². The van der Waals surface area contributed by atoms with E-state index in [1.165, 1.54) is 24.0 Å². The van der Waals surface area contributed by atoms with Crippen molar-refractivity contribution in [3.8, 4) is 0 Å². The monoisotopic (exact) mass is 435 g/mol. The van der Waals surface area contributed by atoms with Gasteiger partial charge in [-0.25, -0.2) is 4.39 Å². The number of amides is 4. The van der Waals surface area contributed by atoms with Gasteiger partial charge in [-0.15, -0.1) is 11.8 Å². The first-order valence-corrected chi connectivity index (χ1v) is 10.6. The van der Waals surface area contributed by atoms with Crippen LogP contribution in [0, 0.1) is 5.82 Å². The fourth-order valence-corrected chi connectivity index (χ4v) is 4.13. The smallest absolute Gasteiger partial charge is 0.242 e. The summed E-state index contributed by atoms with van der Waals surface area (Å²) < 4.78 is 14.1. The molecule has 2 aliphatic heterocycles. The lowest BCUT2D eigenvalue weighted by atomic mass is 10.1. The number of imide groups is 1. The third-order valence-corrected chi connectivity index (χ3v) is 6.16. The average Bonchev–Trinajstić information content (AvgIpc) is 3.04. The number of nitrogens with zero attached hydrogens (tertiary/aromatic N) is 3. The number of thioether (sulfide) groups is 1. The summed E-state index contributed by atoms with van der Waals surface area (Å²) in [6.07, 6.45) is 0.286. The van der Waals surface area contributed by atoms with Gasteiger partial charge in [0.15, 0.2) is 5.78 Å². The number of carbonyl (C=O) groups excluding carboxylic acids is 5. The zero-order chi connectivity index (χ0) is 21.8. The van der Waals surface area contributed by atoms with E-state index in [1.807, 2.05) is 0 Å². The molecule has 0 saturated carbocycles. The lowest BCUT2D eigenvalue weighted by molar-refractivity contribution is -0.146. The molecule has 8 nitrogen and oxygen atoms in total. The van der Waals surface area contributed by atoms with Crippen molar-refractivity contribution < 1.29 is 28.4 Å². The fraction of sp³-hybridized carbons (Fsp3) is 0.450. The molecule has 0 radical (unpaired) electrons. The topological polar surface area (TPSA) is 95.1 Å². The van der Waals surface area contributed by atoms with Gasteiger partial charge >= 0.3 is 0 Å². The Hall–Kier alpha value is -2.75. The summed E-state index contributed by atoms with van der Waals surface area (Å²) >= 11 is 1.06. The summed E-state index contributed by atoms with van der Waals surface area (Å²) in [5.74, 6) is -1.87. The fourth-order valence-electron chi connectivity index (χ4n) is 3.31. The van der Waals surface area contributed by atoms with Gasteiger partial charge in [-0.3, -0.25) is 28.9 Å². The van der Waals surface area contributed by atoms with Crippen molar-refractivity contribution in [2.24, 2.45) is 0 Å². The van der Waals surface area contributed by atoms with E-state index in [4.69, 9.17) is 0 Å². The summed E-state index contributed by atoms with van der Waals surface area (Å²) in [5.41, 5.74) is 0.279. The first-order valence-electron chi connectivity index (χ1n) is 9.58. The Labute approximate surface area is 177 Å². The Morgan fingerprint density at radius 2 is 1.53 bits per heavy atom. The van der Waals surface area contributed by atoms with Crippen LogP contribution < -0.4 is 0 Å². The van der Waals surface area contributed by atoms with Crippen LogP contribution in [0.4, 0.5) is 4.39 Å². The van der Waals surface area contributed by atoms with E-state index >= 15 is 0 Å². The van der Waals surface area contributed by atoms with Crippen LogP contribution in [0.15, 0.2) is 23.1 Å². The highest BCUT2D eigenvalue weighted by Crippen LogP contribution is 2.23. The van der Waals surface area contributed by atoms with Crippen LogP contribution in [0.2, 0.25) is 0 Å². The molecule has 2 saturated heterocycles. The van der Waals surface area contributed by atoms with Gasteiger partial charge in [0.1, 0.15) is 12.4 Å². The molecule has 4 amide bonds. The van der Waals surface area contributed by atoms with Crippen molar-refractivity contribution >= 4 is 41.2 Å². The van der Waals surface area contributed by atoms with Crippen molar-refractivity contribution in [1.29, 1.82) is 0 Å². The number of hydrogen-bond acceptors (Lipinski definition) is 6. The first kappa shape index (κ1) is 21.9. The molecular weight excluding hydrogens is 413 g/mol. The van der Waals surface area contributed by atoms with Gasteiger partial charge in [-0.1, -0.05) is 6.07 Å². The van der Waals surface area contributed by atoms with Crippen molar-refractivity contribution in [1.82, 2.24) is 14.7 Å². The minimum absolute atomic E-state index is 0.0427. The second kappa shape index (κ2) is 9.38. The minimum Gasteiger partial charge on any atom is -0.338 e. The second-order valence-electron chi connectivity index (χ2n) is 7.13. The molecule has 3 rings (SSSR count). The van der Waals surface area contributed by atoms with Crippen LogP contribution in [0.5, 0.6) is 0 Å².